The highest BCUT2D eigenvalue weighted by Gasteiger charge is 2.33. The Morgan fingerprint density at radius 2 is 1.79 bits per heavy atom. The van der Waals surface area contributed by atoms with Crippen molar-refractivity contribution in [3.05, 3.63) is 35.9 Å². The molecule has 2 N–H and O–H groups in total. The van der Waals surface area contributed by atoms with E-state index < -0.39 is 13.8 Å². The molecule has 0 aromatic heterocycles. The number of hydrogen-bond acceptors (Lipinski definition) is 6. The summed E-state index contributed by atoms with van der Waals surface area (Å²) in [6, 6.07) is 9.60. The predicted molar refractivity (Wildman–Crippen MR) is 91.8 cm³/mol. The van der Waals surface area contributed by atoms with Crippen molar-refractivity contribution in [1.29, 1.82) is 0 Å². The third-order valence-electron chi connectivity index (χ3n) is 4.60. The van der Waals surface area contributed by atoms with Crippen LogP contribution in [0.2, 0.25) is 0 Å². The lowest BCUT2D eigenvalue weighted by Crippen LogP contribution is -2.37. The fourth-order valence-corrected chi connectivity index (χ4v) is 4.11. The second-order valence-electron chi connectivity index (χ2n) is 6.13. The van der Waals surface area contributed by atoms with Gasteiger partial charge >= 0.3 is 7.60 Å². The maximum atomic E-state index is 12.3. The first-order valence-electron chi connectivity index (χ1n) is 8.19. The highest BCUT2D eigenvalue weighted by molar-refractivity contribution is 7.54. The summed E-state index contributed by atoms with van der Waals surface area (Å²) < 4.78 is 21.7. The fraction of sp³-hybridized carbons (Fsp3) is 0.588. The average Bonchev–Trinajstić information content (AvgIpc) is 2.62. The zero-order valence-corrected chi connectivity index (χ0v) is 15.1. The van der Waals surface area contributed by atoms with Crippen LogP contribution >= 0.6 is 7.60 Å². The number of carbonyl (C=O) groups is 1. The van der Waals surface area contributed by atoms with Gasteiger partial charge in [0.15, 0.2) is 0 Å². The van der Waals surface area contributed by atoms with Crippen molar-refractivity contribution >= 4 is 13.4 Å². The quantitative estimate of drug-likeness (QED) is 0.551. The van der Waals surface area contributed by atoms with Crippen molar-refractivity contribution in [3.63, 3.8) is 0 Å². The van der Waals surface area contributed by atoms with Crippen LogP contribution in [-0.4, -0.2) is 37.3 Å². The van der Waals surface area contributed by atoms with Crippen LogP contribution in [0.5, 0.6) is 0 Å². The van der Waals surface area contributed by atoms with Gasteiger partial charge in [-0.2, -0.15) is 0 Å². The van der Waals surface area contributed by atoms with Gasteiger partial charge in [-0.1, -0.05) is 30.3 Å². The van der Waals surface area contributed by atoms with E-state index in [1.807, 2.05) is 30.3 Å². The minimum Gasteiger partial charge on any atom is -0.374 e. The van der Waals surface area contributed by atoms with Crippen molar-refractivity contribution < 1.29 is 23.5 Å². The number of aliphatic hydroxyl groups is 1. The van der Waals surface area contributed by atoms with Gasteiger partial charge < -0.3 is 14.2 Å². The molecule has 1 fully saturated rings. The molecule has 1 aliphatic rings. The van der Waals surface area contributed by atoms with Gasteiger partial charge in [-0.15, -0.1) is 0 Å². The van der Waals surface area contributed by atoms with Gasteiger partial charge in [0.2, 0.25) is 0 Å². The highest BCUT2D eigenvalue weighted by Crippen LogP contribution is 2.47. The van der Waals surface area contributed by atoms with E-state index in [1.54, 1.807) is 0 Å². The van der Waals surface area contributed by atoms with E-state index in [0.29, 0.717) is 12.8 Å². The topological polar surface area (TPSA) is 84.9 Å². The Labute approximate surface area is 143 Å². The molecule has 1 atom stereocenters. The molecule has 1 unspecified atom stereocenters. The molecule has 0 aliphatic heterocycles. The fourth-order valence-electron chi connectivity index (χ4n) is 3.06. The molecule has 1 aromatic rings. The molecular weight excluding hydrogens is 329 g/mol. The number of Topliss-reactive ketones (excluding diaryl/α,β-unsaturated/α-hetero) is 1. The van der Waals surface area contributed by atoms with E-state index in [1.165, 1.54) is 14.2 Å². The van der Waals surface area contributed by atoms with Gasteiger partial charge in [0.25, 0.3) is 0 Å². The first kappa shape index (κ1) is 19.3. The van der Waals surface area contributed by atoms with Gasteiger partial charge in [0.1, 0.15) is 18.2 Å². The third kappa shape index (κ3) is 5.23. The normalized spacial score (nSPS) is 23.0. The molecule has 6 nitrogen and oxygen atoms in total. The molecular formula is C17H26NO5P. The Morgan fingerprint density at radius 3 is 2.33 bits per heavy atom. The van der Waals surface area contributed by atoms with E-state index in [4.69, 9.17) is 9.05 Å². The van der Waals surface area contributed by atoms with Crippen molar-refractivity contribution in [1.82, 2.24) is 5.32 Å². The van der Waals surface area contributed by atoms with E-state index in [-0.39, 0.29) is 23.9 Å². The summed E-state index contributed by atoms with van der Waals surface area (Å²) in [6.45, 7) is 0. The molecule has 0 heterocycles. The molecule has 1 aromatic carbocycles. The molecule has 0 bridgehead atoms. The molecule has 0 spiro atoms. The summed E-state index contributed by atoms with van der Waals surface area (Å²) in [5.41, 5.74) is 0.830. The lowest BCUT2D eigenvalue weighted by Gasteiger charge is -2.30. The van der Waals surface area contributed by atoms with Gasteiger partial charge in [-0.05, 0) is 31.2 Å². The summed E-state index contributed by atoms with van der Waals surface area (Å²) in [5, 5.41) is 13.4. The molecule has 0 radical (unpaired) electrons. The Kier molecular flexibility index (Phi) is 7.14. The second-order valence-corrected chi connectivity index (χ2v) is 8.40. The average molecular weight is 355 g/mol. The Bertz CT molecular complexity index is 564. The number of aliphatic hydroxyl groups excluding tert-OH is 1. The van der Waals surface area contributed by atoms with Crippen LogP contribution < -0.4 is 5.32 Å². The van der Waals surface area contributed by atoms with Crippen LogP contribution in [-0.2, 0) is 18.4 Å². The number of benzene rings is 1. The lowest BCUT2D eigenvalue weighted by atomic mass is 9.84. The Morgan fingerprint density at radius 1 is 1.21 bits per heavy atom. The maximum Gasteiger partial charge on any atom is 0.337 e. The van der Waals surface area contributed by atoms with Gasteiger partial charge in [0, 0.05) is 26.2 Å². The smallest absolute Gasteiger partial charge is 0.337 e. The second kappa shape index (κ2) is 8.88. The molecule has 24 heavy (non-hydrogen) atoms. The van der Waals surface area contributed by atoms with Crippen molar-refractivity contribution in [2.24, 2.45) is 5.92 Å². The Balaban J connectivity index is 1.81. The van der Waals surface area contributed by atoms with Crippen LogP contribution in [0.15, 0.2) is 30.3 Å². The molecule has 0 saturated heterocycles. The third-order valence-corrected chi connectivity index (χ3v) is 6.41. The zero-order chi connectivity index (χ0) is 17.6. The SMILES string of the molecule is COP(=O)(CC(=O)C1CCC(NC(O)c2ccccc2)CC1)OC. The van der Waals surface area contributed by atoms with Gasteiger partial charge in [0.05, 0.1) is 0 Å². The number of carbonyl (C=O) groups excluding carboxylic acids is 1. The molecule has 0 amide bonds. The van der Waals surface area contributed by atoms with Gasteiger partial charge in [-0.25, -0.2) is 0 Å². The number of rotatable bonds is 8. The van der Waals surface area contributed by atoms with Crippen LogP contribution in [0.1, 0.15) is 37.5 Å². The molecule has 134 valence electrons. The van der Waals surface area contributed by atoms with Crippen LogP contribution in [0.3, 0.4) is 0 Å². The molecule has 7 heteroatoms. The lowest BCUT2D eigenvalue weighted by molar-refractivity contribution is -0.121. The zero-order valence-electron chi connectivity index (χ0n) is 14.2. The number of nitrogens with one attached hydrogen (secondary N) is 1. The molecule has 1 aliphatic carbocycles. The monoisotopic (exact) mass is 355 g/mol. The largest absolute Gasteiger partial charge is 0.374 e. The number of ketones is 1. The predicted octanol–water partition coefficient (Wildman–Crippen LogP) is 2.88. The first-order valence-corrected chi connectivity index (χ1v) is 9.92. The standard InChI is InChI=1S/C17H26NO5P/c1-22-24(21,23-2)12-16(19)13-8-10-15(11-9-13)18-17(20)14-6-4-3-5-7-14/h3-7,13,15,17-18,20H,8-12H2,1-2H3. The van der Waals surface area contributed by atoms with Crippen molar-refractivity contribution in [2.75, 3.05) is 20.4 Å². The van der Waals surface area contributed by atoms with Crippen LogP contribution in [0.25, 0.3) is 0 Å². The minimum absolute atomic E-state index is 0.0657. The Hall–Kier alpha value is -1.04. The highest BCUT2D eigenvalue weighted by atomic mass is 31.2. The van der Waals surface area contributed by atoms with Crippen molar-refractivity contribution in [3.8, 4) is 0 Å². The van der Waals surface area contributed by atoms with Crippen molar-refractivity contribution in [2.45, 2.75) is 38.0 Å². The van der Waals surface area contributed by atoms with E-state index in [0.717, 1.165) is 18.4 Å². The van der Waals surface area contributed by atoms with E-state index in [9.17, 15) is 14.5 Å². The summed E-state index contributed by atoms with van der Waals surface area (Å²) in [4.78, 5) is 12.3. The molecule has 1 saturated carbocycles. The maximum absolute atomic E-state index is 12.3. The summed E-state index contributed by atoms with van der Waals surface area (Å²) in [7, 11) is -0.697. The van der Waals surface area contributed by atoms with Crippen LogP contribution in [0, 0.1) is 5.92 Å². The van der Waals surface area contributed by atoms with Crippen LogP contribution in [0.4, 0.5) is 0 Å². The van der Waals surface area contributed by atoms with E-state index in [2.05, 4.69) is 5.32 Å². The molecule has 2 rings (SSSR count). The minimum atomic E-state index is -3.29. The van der Waals surface area contributed by atoms with Gasteiger partial charge in [-0.3, -0.25) is 14.7 Å². The summed E-state index contributed by atoms with van der Waals surface area (Å²) in [6.07, 6.45) is 2.15. The summed E-state index contributed by atoms with van der Waals surface area (Å²) in [5.74, 6) is -0.181. The van der Waals surface area contributed by atoms with E-state index >= 15 is 0 Å². The first-order chi connectivity index (χ1) is 11.5. The number of hydrogen-bond donors (Lipinski definition) is 2. The summed E-state index contributed by atoms with van der Waals surface area (Å²) >= 11 is 0.